The van der Waals surface area contributed by atoms with Crippen LogP contribution in [0.2, 0.25) is 0 Å². The van der Waals surface area contributed by atoms with Crippen LogP contribution >= 0.6 is 0 Å². The molecule has 2 aliphatic heterocycles. The number of pyridine rings is 1. The smallest absolute Gasteiger partial charge is 0.321 e. The molecule has 3 amide bonds. The van der Waals surface area contributed by atoms with Crippen molar-refractivity contribution in [1.82, 2.24) is 34.1 Å². The number of fused-ring (bicyclic) bond motifs is 2. The summed E-state index contributed by atoms with van der Waals surface area (Å²) in [6.45, 7) is 4.52. The number of hydrogen-bond acceptors (Lipinski definition) is 7. The third kappa shape index (κ3) is 8.62. The van der Waals surface area contributed by atoms with E-state index in [0.29, 0.717) is 23.7 Å². The minimum atomic E-state index is -0.615. The summed E-state index contributed by atoms with van der Waals surface area (Å²) in [7, 11) is 3.87. The van der Waals surface area contributed by atoms with Gasteiger partial charge in [-0.1, -0.05) is 43.9 Å². The number of carbonyl (C=O) groups excluding carboxylic acids is 3. The maximum atomic E-state index is 12.4. The Hall–Kier alpha value is -5.10. The van der Waals surface area contributed by atoms with Gasteiger partial charge in [0.1, 0.15) is 11.7 Å². The summed E-state index contributed by atoms with van der Waals surface area (Å²) in [6.07, 6.45) is 13.3. The molecule has 2 saturated heterocycles. The number of piperidine rings is 2. The molecule has 0 bridgehead atoms. The fourth-order valence-electron chi connectivity index (χ4n) is 7.12. The van der Waals surface area contributed by atoms with Gasteiger partial charge >= 0.3 is 5.69 Å². The van der Waals surface area contributed by atoms with Gasteiger partial charge in [-0.05, 0) is 102 Å². The largest absolute Gasteiger partial charge is 0.329 e. The molecule has 1 saturated carbocycles. The molecule has 12 heteroatoms. The zero-order valence-electron chi connectivity index (χ0n) is 29.8. The molecule has 1 aliphatic carbocycles. The van der Waals surface area contributed by atoms with Crippen LogP contribution < -0.4 is 16.3 Å². The van der Waals surface area contributed by atoms with E-state index in [4.69, 9.17) is 5.10 Å². The van der Waals surface area contributed by atoms with Crippen molar-refractivity contribution in [3.63, 3.8) is 0 Å². The molecular weight excluding hydrogens is 644 g/mol. The Bertz CT molecular complexity index is 2070. The van der Waals surface area contributed by atoms with Crippen molar-refractivity contribution in [1.29, 1.82) is 0 Å². The van der Waals surface area contributed by atoms with Gasteiger partial charge in [0, 0.05) is 36.4 Å². The number of nitrogens with one attached hydrogen (secondary N) is 2. The number of benzene rings is 2. The SMILES string of the molecule is CN1CCCCC1.Cc1cccc(C(=O)Nc2ccc3nn(C4CCCCC4)cc3c2)n1.Cn1c(=O)n(C2CCC(=O)NC2=O)c2ccccc21. The average molecular weight is 693 g/mol. The average Bonchev–Trinajstić information content (AvgIpc) is 3.68. The molecule has 5 aromatic rings. The van der Waals surface area contributed by atoms with E-state index < -0.39 is 11.9 Å². The van der Waals surface area contributed by atoms with Crippen LogP contribution in [-0.4, -0.2) is 66.7 Å². The van der Waals surface area contributed by atoms with Gasteiger partial charge in [-0.2, -0.15) is 5.10 Å². The summed E-state index contributed by atoms with van der Waals surface area (Å²) in [5.74, 6) is -0.882. The minimum absolute atomic E-state index is 0.192. The number of hydrogen-bond donors (Lipinski definition) is 2. The molecule has 0 radical (unpaired) electrons. The second-order valence-electron chi connectivity index (χ2n) is 13.8. The molecule has 5 heterocycles. The maximum absolute atomic E-state index is 12.4. The first-order valence-corrected chi connectivity index (χ1v) is 18.1. The molecule has 2 aromatic carbocycles. The Labute approximate surface area is 297 Å². The Morgan fingerprint density at radius 3 is 2.25 bits per heavy atom. The molecule has 0 spiro atoms. The standard InChI is InChI=1S/C20H22N4O.C13H13N3O3.C6H13N/c1-14-6-5-9-19(21-14)20(25)22-16-10-11-18-15(12-16)13-24(23-18)17-7-3-2-4-8-17;1-15-8-4-2-3-5-9(8)16(13(15)19)10-6-7-11(17)14-12(10)18;1-7-5-3-2-4-6-7/h5-6,9-13,17H,2-4,7-8H2,1H3,(H,22,25);2-5,10H,6-7H2,1H3,(H,14,17,18);2-6H2,1H3. The van der Waals surface area contributed by atoms with Gasteiger partial charge < -0.3 is 10.2 Å². The molecule has 3 fully saturated rings. The zero-order valence-corrected chi connectivity index (χ0v) is 29.8. The van der Waals surface area contributed by atoms with E-state index >= 15 is 0 Å². The van der Waals surface area contributed by atoms with E-state index in [1.807, 2.05) is 55.5 Å². The normalized spacial score (nSPS) is 18.4. The number of imide groups is 1. The van der Waals surface area contributed by atoms with Crippen LogP contribution in [0.5, 0.6) is 0 Å². The van der Waals surface area contributed by atoms with E-state index in [2.05, 4.69) is 38.4 Å². The van der Waals surface area contributed by atoms with E-state index in [1.165, 1.54) is 73.6 Å². The summed E-state index contributed by atoms with van der Waals surface area (Å²) in [5, 5.41) is 11.0. The van der Waals surface area contributed by atoms with Crippen LogP contribution in [-0.2, 0) is 16.6 Å². The van der Waals surface area contributed by atoms with E-state index in [-0.39, 0.29) is 23.9 Å². The first-order chi connectivity index (χ1) is 24.7. The summed E-state index contributed by atoms with van der Waals surface area (Å²) >= 11 is 0. The Balaban J connectivity index is 0.000000151. The van der Waals surface area contributed by atoms with Gasteiger partial charge in [0.05, 0.1) is 22.6 Å². The Morgan fingerprint density at radius 1 is 0.843 bits per heavy atom. The molecule has 8 rings (SSSR count). The Morgan fingerprint density at radius 2 is 1.57 bits per heavy atom. The second kappa shape index (κ2) is 16.3. The lowest BCUT2D eigenvalue weighted by Crippen LogP contribution is -2.44. The fourth-order valence-corrected chi connectivity index (χ4v) is 7.12. The Kier molecular flexibility index (Phi) is 11.4. The number of rotatable bonds is 4. The van der Waals surface area contributed by atoms with Crippen LogP contribution in [0.25, 0.3) is 21.9 Å². The molecule has 1 unspecified atom stereocenters. The molecule has 3 aliphatic rings. The highest BCUT2D eigenvalue weighted by atomic mass is 16.2. The van der Waals surface area contributed by atoms with Crippen molar-refractivity contribution >= 4 is 45.3 Å². The van der Waals surface area contributed by atoms with Crippen molar-refractivity contribution in [3.8, 4) is 0 Å². The van der Waals surface area contributed by atoms with Crippen molar-refractivity contribution in [2.45, 2.75) is 83.2 Å². The molecule has 268 valence electrons. The zero-order chi connectivity index (χ0) is 35.9. The molecule has 12 nitrogen and oxygen atoms in total. The van der Waals surface area contributed by atoms with Gasteiger partial charge in [-0.3, -0.25) is 33.5 Å². The third-order valence-electron chi connectivity index (χ3n) is 9.95. The first-order valence-electron chi connectivity index (χ1n) is 18.1. The number of likely N-dealkylation sites (tertiary alicyclic amines) is 1. The van der Waals surface area contributed by atoms with Crippen LogP contribution in [0, 0.1) is 6.92 Å². The van der Waals surface area contributed by atoms with Gasteiger partial charge in [0.25, 0.3) is 5.91 Å². The lowest BCUT2D eigenvalue weighted by atomic mass is 9.96. The van der Waals surface area contributed by atoms with Gasteiger partial charge in [-0.15, -0.1) is 0 Å². The van der Waals surface area contributed by atoms with Gasteiger partial charge in [0.15, 0.2) is 0 Å². The van der Waals surface area contributed by atoms with E-state index in [0.717, 1.165) is 27.8 Å². The van der Waals surface area contributed by atoms with Crippen LogP contribution in [0.1, 0.15) is 92.5 Å². The number of para-hydroxylation sites is 2. The number of carbonyl (C=O) groups is 3. The lowest BCUT2D eigenvalue weighted by Gasteiger charge is -2.21. The third-order valence-corrected chi connectivity index (χ3v) is 9.95. The monoisotopic (exact) mass is 692 g/mol. The van der Waals surface area contributed by atoms with E-state index in [1.54, 1.807) is 19.2 Å². The van der Waals surface area contributed by atoms with Crippen LogP contribution in [0.4, 0.5) is 5.69 Å². The second-order valence-corrected chi connectivity index (χ2v) is 13.8. The molecule has 51 heavy (non-hydrogen) atoms. The highest BCUT2D eigenvalue weighted by Crippen LogP contribution is 2.29. The van der Waals surface area contributed by atoms with E-state index in [9.17, 15) is 19.2 Å². The van der Waals surface area contributed by atoms with Crippen LogP contribution in [0.15, 0.2) is 71.7 Å². The van der Waals surface area contributed by atoms with Crippen molar-refractivity contribution < 1.29 is 14.4 Å². The molecule has 3 aromatic heterocycles. The first kappa shape index (κ1) is 35.7. The van der Waals surface area contributed by atoms with Crippen molar-refractivity contribution in [2.24, 2.45) is 7.05 Å². The quantitative estimate of drug-likeness (QED) is 0.223. The topological polar surface area (TPSA) is 136 Å². The lowest BCUT2D eigenvalue weighted by molar-refractivity contribution is -0.135. The predicted molar refractivity (Wildman–Crippen MR) is 199 cm³/mol. The summed E-state index contributed by atoms with van der Waals surface area (Å²) < 4.78 is 5.09. The van der Waals surface area contributed by atoms with Crippen molar-refractivity contribution in [3.05, 3.63) is 88.7 Å². The highest BCUT2D eigenvalue weighted by molar-refractivity contribution is 6.04. The fraction of sp³-hybridized carbons (Fsp3) is 0.436. The summed E-state index contributed by atoms with van der Waals surface area (Å²) in [6, 6.07) is 18.5. The van der Waals surface area contributed by atoms with Crippen LogP contribution in [0.3, 0.4) is 0 Å². The van der Waals surface area contributed by atoms with Gasteiger partial charge in [-0.25, -0.2) is 9.78 Å². The number of anilines is 1. The number of aryl methyl sites for hydroxylation is 2. The molecular formula is C39H48N8O4. The molecule has 1 atom stereocenters. The molecule has 2 N–H and O–H groups in total. The maximum Gasteiger partial charge on any atom is 0.329 e. The minimum Gasteiger partial charge on any atom is -0.321 e. The summed E-state index contributed by atoms with van der Waals surface area (Å²) in [5.41, 5.74) is 4.24. The highest BCUT2D eigenvalue weighted by Gasteiger charge is 2.31. The van der Waals surface area contributed by atoms with Gasteiger partial charge in [0.2, 0.25) is 11.8 Å². The number of imidazole rings is 1. The van der Waals surface area contributed by atoms with Crippen molar-refractivity contribution in [2.75, 3.05) is 25.5 Å². The predicted octanol–water partition coefficient (Wildman–Crippen LogP) is 5.92. The number of nitrogens with zero attached hydrogens (tertiary/aromatic N) is 6. The number of amides is 3. The summed E-state index contributed by atoms with van der Waals surface area (Å²) in [4.78, 5) is 54.4. The number of aromatic nitrogens is 5.